The van der Waals surface area contributed by atoms with Crippen LogP contribution in [0.1, 0.15) is 44.1 Å². The number of nitrogens with one attached hydrogen (secondary N) is 1. The molecule has 2 rings (SSSR count). The molecule has 1 N–H and O–H groups in total. The summed E-state index contributed by atoms with van der Waals surface area (Å²) in [6, 6.07) is 8.19. The lowest BCUT2D eigenvalue weighted by atomic mass is 10.1. The van der Waals surface area contributed by atoms with Gasteiger partial charge in [0.1, 0.15) is 11.6 Å². The van der Waals surface area contributed by atoms with Gasteiger partial charge >= 0.3 is 0 Å². The Bertz CT molecular complexity index is 598. The van der Waals surface area contributed by atoms with E-state index in [9.17, 15) is 0 Å². The second kappa shape index (κ2) is 5.57. The van der Waals surface area contributed by atoms with Gasteiger partial charge in [0.05, 0.1) is 13.2 Å². The van der Waals surface area contributed by atoms with Gasteiger partial charge in [-0.05, 0) is 36.8 Å². The third-order valence-corrected chi connectivity index (χ3v) is 3.52. The molecule has 0 fully saturated rings. The van der Waals surface area contributed by atoms with E-state index in [0.717, 1.165) is 11.6 Å². The summed E-state index contributed by atoms with van der Waals surface area (Å²) in [5.74, 6) is 2.16. The van der Waals surface area contributed by atoms with E-state index in [1.165, 1.54) is 5.56 Å². The standard InChI is InChI=1S/C14H19N3OS/c1-9(2)13-15-16-14(19)17(13)10(3)11-5-7-12(18-4)8-6-11/h5-10H,1-4H3,(H,16,19). The average molecular weight is 277 g/mol. The molecule has 5 heteroatoms. The van der Waals surface area contributed by atoms with Gasteiger partial charge in [-0.1, -0.05) is 26.0 Å². The fourth-order valence-corrected chi connectivity index (χ4v) is 2.43. The zero-order valence-corrected chi connectivity index (χ0v) is 12.5. The molecule has 1 aromatic carbocycles. The van der Waals surface area contributed by atoms with E-state index in [-0.39, 0.29) is 6.04 Å². The number of rotatable bonds is 4. The van der Waals surface area contributed by atoms with Crippen LogP contribution in [0.15, 0.2) is 24.3 Å². The Labute approximate surface area is 118 Å². The highest BCUT2D eigenvalue weighted by atomic mass is 32.1. The van der Waals surface area contributed by atoms with E-state index in [1.807, 2.05) is 12.1 Å². The maximum atomic E-state index is 5.34. The Morgan fingerprint density at radius 3 is 2.37 bits per heavy atom. The number of hydrogen-bond acceptors (Lipinski definition) is 3. The predicted octanol–water partition coefficient (Wildman–Crippen LogP) is 3.68. The van der Waals surface area contributed by atoms with Gasteiger partial charge < -0.3 is 4.74 Å². The first-order valence-electron chi connectivity index (χ1n) is 6.35. The van der Waals surface area contributed by atoms with Gasteiger partial charge in [0.2, 0.25) is 0 Å². The Hall–Kier alpha value is -1.62. The topological polar surface area (TPSA) is 42.8 Å². The highest BCUT2D eigenvalue weighted by Crippen LogP contribution is 2.24. The van der Waals surface area contributed by atoms with Crippen LogP contribution in [0.3, 0.4) is 0 Å². The minimum Gasteiger partial charge on any atom is -0.497 e. The molecule has 4 nitrogen and oxygen atoms in total. The molecule has 0 amide bonds. The Kier molecular flexibility index (Phi) is 4.04. The molecule has 1 heterocycles. The number of ether oxygens (including phenoxy) is 1. The Morgan fingerprint density at radius 1 is 1.21 bits per heavy atom. The molecule has 1 unspecified atom stereocenters. The smallest absolute Gasteiger partial charge is 0.195 e. The van der Waals surface area contributed by atoms with Crippen molar-refractivity contribution in [2.45, 2.75) is 32.7 Å². The van der Waals surface area contributed by atoms with Gasteiger partial charge in [-0.3, -0.25) is 9.67 Å². The lowest BCUT2D eigenvalue weighted by molar-refractivity contribution is 0.414. The van der Waals surface area contributed by atoms with Crippen LogP contribution in [0, 0.1) is 4.77 Å². The van der Waals surface area contributed by atoms with Crippen LogP contribution in [0.4, 0.5) is 0 Å². The molecule has 0 aliphatic heterocycles. The molecular formula is C14H19N3OS. The molecule has 0 spiro atoms. The summed E-state index contributed by atoms with van der Waals surface area (Å²) >= 11 is 5.34. The summed E-state index contributed by atoms with van der Waals surface area (Å²) < 4.78 is 7.91. The summed E-state index contributed by atoms with van der Waals surface area (Å²) in [6.07, 6.45) is 0. The van der Waals surface area contributed by atoms with Crippen LogP contribution < -0.4 is 4.74 Å². The van der Waals surface area contributed by atoms with Crippen LogP contribution >= 0.6 is 12.2 Å². The molecule has 0 aliphatic rings. The maximum absolute atomic E-state index is 5.34. The largest absolute Gasteiger partial charge is 0.497 e. The van der Waals surface area contributed by atoms with Crippen LogP contribution in [0.25, 0.3) is 0 Å². The summed E-state index contributed by atoms with van der Waals surface area (Å²) in [7, 11) is 1.67. The molecule has 0 aliphatic carbocycles. The zero-order chi connectivity index (χ0) is 14.0. The molecule has 0 saturated carbocycles. The van der Waals surface area contributed by atoms with Crippen LogP contribution in [-0.4, -0.2) is 21.9 Å². The highest BCUT2D eigenvalue weighted by Gasteiger charge is 2.16. The van der Waals surface area contributed by atoms with Crippen molar-refractivity contribution in [2.75, 3.05) is 7.11 Å². The van der Waals surface area contributed by atoms with Crippen LogP contribution in [0.5, 0.6) is 5.75 Å². The first-order valence-corrected chi connectivity index (χ1v) is 6.76. The van der Waals surface area contributed by atoms with Crippen molar-refractivity contribution in [3.8, 4) is 5.75 Å². The summed E-state index contributed by atoms with van der Waals surface area (Å²) in [4.78, 5) is 0. The number of aromatic nitrogens is 3. The van der Waals surface area contributed by atoms with E-state index >= 15 is 0 Å². The second-order valence-electron chi connectivity index (χ2n) is 4.86. The second-order valence-corrected chi connectivity index (χ2v) is 5.25. The van der Waals surface area contributed by atoms with Gasteiger partial charge in [-0.2, -0.15) is 5.10 Å². The SMILES string of the molecule is COc1ccc(C(C)n2c(C(C)C)n[nH]c2=S)cc1. The number of H-pyrrole nitrogens is 1. The first-order chi connectivity index (χ1) is 9.04. The van der Waals surface area contributed by atoms with Crippen molar-refractivity contribution in [1.29, 1.82) is 0 Å². The fraction of sp³-hybridized carbons (Fsp3) is 0.429. The van der Waals surface area contributed by atoms with Crippen molar-refractivity contribution in [3.63, 3.8) is 0 Å². The normalized spacial score (nSPS) is 12.7. The highest BCUT2D eigenvalue weighted by molar-refractivity contribution is 7.71. The predicted molar refractivity (Wildman–Crippen MR) is 78.3 cm³/mol. The van der Waals surface area contributed by atoms with Crippen LogP contribution in [0.2, 0.25) is 0 Å². The molecule has 0 radical (unpaired) electrons. The van der Waals surface area contributed by atoms with Gasteiger partial charge in [-0.25, -0.2) is 0 Å². The van der Waals surface area contributed by atoms with E-state index in [0.29, 0.717) is 10.7 Å². The van der Waals surface area contributed by atoms with Crippen molar-refractivity contribution >= 4 is 12.2 Å². The van der Waals surface area contributed by atoms with Gasteiger partial charge in [0.25, 0.3) is 0 Å². The lowest BCUT2D eigenvalue weighted by Gasteiger charge is -2.17. The molecule has 19 heavy (non-hydrogen) atoms. The lowest BCUT2D eigenvalue weighted by Crippen LogP contribution is -2.12. The van der Waals surface area contributed by atoms with Gasteiger partial charge in [0, 0.05) is 5.92 Å². The number of benzene rings is 1. The quantitative estimate of drug-likeness (QED) is 0.867. The molecule has 102 valence electrons. The summed E-state index contributed by atoms with van der Waals surface area (Å²) in [6.45, 7) is 6.35. The Balaban J connectivity index is 2.40. The molecule has 1 aromatic heterocycles. The summed E-state index contributed by atoms with van der Waals surface area (Å²) in [5.41, 5.74) is 1.18. The minimum atomic E-state index is 0.148. The minimum absolute atomic E-state index is 0.148. The van der Waals surface area contributed by atoms with E-state index in [2.05, 4.69) is 47.7 Å². The maximum Gasteiger partial charge on any atom is 0.195 e. The van der Waals surface area contributed by atoms with Crippen molar-refractivity contribution < 1.29 is 4.74 Å². The first kappa shape index (κ1) is 13.8. The molecule has 0 bridgehead atoms. The average Bonchev–Trinajstić information content (AvgIpc) is 2.80. The monoisotopic (exact) mass is 277 g/mol. The van der Waals surface area contributed by atoms with Crippen molar-refractivity contribution in [1.82, 2.24) is 14.8 Å². The van der Waals surface area contributed by atoms with Crippen molar-refractivity contribution in [2.24, 2.45) is 0 Å². The van der Waals surface area contributed by atoms with E-state index in [4.69, 9.17) is 17.0 Å². The fourth-order valence-electron chi connectivity index (χ4n) is 2.13. The van der Waals surface area contributed by atoms with Crippen molar-refractivity contribution in [3.05, 3.63) is 40.4 Å². The Morgan fingerprint density at radius 2 is 1.84 bits per heavy atom. The third-order valence-electron chi connectivity index (χ3n) is 3.23. The summed E-state index contributed by atoms with van der Waals surface area (Å²) in [5, 5.41) is 7.20. The third kappa shape index (κ3) is 2.71. The van der Waals surface area contributed by atoms with Gasteiger partial charge in [0.15, 0.2) is 4.77 Å². The molecule has 0 saturated heterocycles. The zero-order valence-electron chi connectivity index (χ0n) is 11.7. The molecule has 1 atom stereocenters. The van der Waals surface area contributed by atoms with Gasteiger partial charge in [-0.15, -0.1) is 0 Å². The number of nitrogens with zero attached hydrogens (tertiary/aromatic N) is 2. The number of aromatic amines is 1. The molecular weight excluding hydrogens is 258 g/mol. The number of hydrogen-bond donors (Lipinski definition) is 1. The van der Waals surface area contributed by atoms with E-state index in [1.54, 1.807) is 7.11 Å². The van der Waals surface area contributed by atoms with Crippen LogP contribution in [-0.2, 0) is 0 Å². The number of methoxy groups -OCH3 is 1. The van der Waals surface area contributed by atoms with E-state index < -0.39 is 0 Å². The molecule has 2 aromatic rings.